The normalized spacial score (nSPS) is 21.0. The van der Waals surface area contributed by atoms with Crippen LogP contribution in [0.15, 0.2) is 30.5 Å². The van der Waals surface area contributed by atoms with E-state index in [1.807, 2.05) is 0 Å². The quantitative estimate of drug-likeness (QED) is 0.492. The summed E-state index contributed by atoms with van der Waals surface area (Å²) in [4.78, 5) is 18.4. The first-order valence-electron chi connectivity index (χ1n) is 12.3. The van der Waals surface area contributed by atoms with Gasteiger partial charge >= 0.3 is 6.18 Å². The lowest BCUT2D eigenvalue weighted by atomic mass is 9.86. The van der Waals surface area contributed by atoms with Gasteiger partial charge in [-0.15, -0.1) is 0 Å². The Labute approximate surface area is 206 Å². The molecule has 0 N–H and O–H groups in total. The van der Waals surface area contributed by atoms with E-state index < -0.39 is 11.9 Å². The van der Waals surface area contributed by atoms with Crippen LogP contribution in [0, 0.1) is 13.8 Å². The van der Waals surface area contributed by atoms with Gasteiger partial charge in [-0.25, -0.2) is 0 Å². The minimum absolute atomic E-state index is 0.128. The number of halogens is 3. The predicted octanol–water partition coefficient (Wildman–Crippen LogP) is 5.85. The van der Waals surface area contributed by atoms with Gasteiger partial charge in [-0.05, 0) is 81.5 Å². The average molecular weight is 492 g/mol. The van der Waals surface area contributed by atoms with Crippen LogP contribution in [0.4, 0.5) is 13.2 Å². The molecule has 0 saturated carbocycles. The highest BCUT2D eigenvalue weighted by Gasteiger charge is 2.35. The van der Waals surface area contributed by atoms with Gasteiger partial charge in [0.15, 0.2) is 6.29 Å². The fraction of sp³-hybridized carbons (Fsp3) is 0.556. The summed E-state index contributed by atoms with van der Waals surface area (Å²) in [6.07, 6.45) is 1.95. The molecule has 1 aromatic heterocycles. The number of nitrogens with zero attached hydrogens (tertiary/aromatic N) is 3. The lowest BCUT2D eigenvalue weighted by Crippen LogP contribution is -2.54. The third-order valence-corrected chi connectivity index (χ3v) is 6.96. The molecule has 0 radical (unpaired) electrons. The molecule has 1 aromatic carbocycles. The van der Waals surface area contributed by atoms with E-state index in [4.69, 9.17) is 4.74 Å². The zero-order valence-corrected chi connectivity index (χ0v) is 21.1. The number of carbonyl (C=O) groups is 1. The van der Waals surface area contributed by atoms with E-state index in [-0.39, 0.29) is 5.56 Å². The van der Waals surface area contributed by atoms with Gasteiger partial charge in [-0.1, -0.05) is 13.0 Å². The van der Waals surface area contributed by atoms with Crippen LogP contribution >= 0.6 is 0 Å². The monoisotopic (exact) mass is 491 g/mol. The molecule has 2 aliphatic rings. The maximum Gasteiger partial charge on any atom is 0.433 e. The molecule has 0 aliphatic carbocycles. The predicted molar refractivity (Wildman–Crippen MR) is 131 cm³/mol. The zero-order chi connectivity index (χ0) is 25.6. The van der Waals surface area contributed by atoms with Crippen molar-refractivity contribution in [2.45, 2.75) is 64.7 Å². The van der Waals surface area contributed by atoms with Crippen molar-refractivity contribution in [2.75, 3.05) is 33.3 Å². The number of piperazine rings is 1. The summed E-state index contributed by atoms with van der Waals surface area (Å²) in [5.41, 5.74) is 3.42. The number of benzene rings is 1. The third-order valence-electron chi connectivity index (χ3n) is 6.96. The number of aromatic nitrogens is 1. The third kappa shape index (κ3) is 6.82. The smallest absolute Gasteiger partial charge is 0.433 e. The second-order valence-electron chi connectivity index (χ2n) is 9.44. The molecule has 0 bridgehead atoms. The molecule has 35 heavy (non-hydrogen) atoms. The fourth-order valence-corrected chi connectivity index (χ4v) is 4.93. The van der Waals surface area contributed by atoms with E-state index in [1.165, 1.54) is 55.6 Å². The summed E-state index contributed by atoms with van der Waals surface area (Å²) in [6.45, 7) is 11.1. The van der Waals surface area contributed by atoms with Crippen molar-refractivity contribution in [3.8, 4) is 5.75 Å². The van der Waals surface area contributed by atoms with Gasteiger partial charge in [0.25, 0.3) is 0 Å². The lowest BCUT2D eigenvalue weighted by molar-refractivity contribution is -0.141. The van der Waals surface area contributed by atoms with E-state index in [1.54, 1.807) is 0 Å². The van der Waals surface area contributed by atoms with E-state index in [2.05, 4.69) is 54.7 Å². The SMILES string of the molecule is CCCOc1ccc([C@H]2CCCC3CN(C)CCN32)c(C)c1C.O=Cc1ccc(C(F)(F)F)nc1. The molecule has 8 heteroatoms. The Morgan fingerprint density at radius 3 is 2.51 bits per heavy atom. The lowest BCUT2D eigenvalue weighted by Gasteiger charge is -2.48. The van der Waals surface area contributed by atoms with Crippen LogP contribution in [0.2, 0.25) is 0 Å². The fourth-order valence-electron chi connectivity index (χ4n) is 4.93. The zero-order valence-electron chi connectivity index (χ0n) is 21.1. The van der Waals surface area contributed by atoms with Gasteiger partial charge in [0, 0.05) is 43.5 Å². The molecule has 5 nitrogen and oxygen atoms in total. The number of hydrogen-bond acceptors (Lipinski definition) is 5. The van der Waals surface area contributed by atoms with Crippen LogP contribution < -0.4 is 4.74 Å². The average Bonchev–Trinajstić information content (AvgIpc) is 2.84. The van der Waals surface area contributed by atoms with Gasteiger partial charge in [0.2, 0.25) is 0 Å². The van der Waals surface area contributed by atoms with E-state index in [9.17, 15) is 18.0 Å². The minimum Gasteiger partial charge on any atom is -0.493 e. The largest absolute Gasteiger partial charge is 0.493 e. The van der Waals surface area contributed by atoms with Crippen molar-refractivity contribution < 1.29 is 22.7 Å². The highest BCUT2D eigenvalue weighted by molar-refractivity contribution is 5.73. The Morgan fingerprint density at radius 1 is 1.11 bits per heavy atom. The van der Waals surface area contributed by atoms with Crippen molar-refractivity contribution in [3.63, 3.8) is 0 Å². The Bertz CT molecular complexity index is 979. The van der Waals surface area contributed by atoms with E-state index in [0.717, 1.165) is 43.1 Å². The Morgan fingerprint density at radius 2 is 1.89 bits per heavy atom. The van der Waals surface area contributed by atoms with Crippen LogP contribution in [0.1, 0.15) is 71.4 Å². The van der Waals surface area contributed by atoms with Crippen LogP contribution in [0.25, 0.3) is 0 Å². The molecule has 3 heterocycles. The molecular formula is C27H36F3N3O2. The van der Waals surface area contributed by atoms with Crippen molar-refractivity contribution in [2.24, 2.45) is 0 Å². The first-order chi connectivity index (χ1) is 16.7. The first kappa shape index (κ1) is 27.1. The van der Waals surface area contributed by atoms with Crippen molar-refractivity contribution in [3.05, 3.63) is 58.4 Å². The van der Waals surface area contributed by atoms with Crippen LogP contribution in [0.5, 0.6) is 5.75 Å². The summed E-state index contributed by atoms with van der Waals surface area (Å²) in [5.74, 6) is 1.07. The minimum atomic E-state index is -4.44. The second-order valence-corrected chi connectivity index (χ2v) is 9.44. The van der Waals surface area contributed by atoms with E-state index in [0.29, 0.717) is 12.3 Å². The van der Waals surface area contributed by atoms with Gasteiger partial charge in [0.1, 0.15) is 11.4 Å². The molecule has 1 unspecified atom stereocenters. The summed E-state index contributed by atoms with van der Waals surface area (Å²) in [7, 11) is 2.26. The number of ether oxygens (including phenoxy) is 1. The Kier molecular flexibility index (Phi) is 9.30. The first-order valence-corrected chi connectivity index (χ1v) is 12.3. The number of likely N-dealkylation sites (N-methyl/N-ethyl adjacent to an activating group) is 1. The number of carbonyl (C=O) groups excluding carboxylic acids is 1. The molecule has 2 atom stereocenters. The number of alkyl halides is 3. The van der Waals surface area contributed by atoms with Crippen molar-refractivity contribution >= 4 is 6.29 Å². The van der Waals surface area contributed by atoms with Crippen LogP contribution in [0.3, 0.4) is 0 Å². The molecule has 2 aromatic rings. The Hall–Kier alpha value is -2.45. The second kappa shape index (κ2) is 12.0. The summed E-state index contributed by atoms with van der Waals surface area (Å²) < 4.78 is 41.5. The molecule has 2 aliphatic heterocycles. The van der Waals surface area contributed by atoms with E-state index >= 15 is 0 Å². The number of pyridine rings is 1. The number of piperidine rings is 1. The number of rotatable bonds is 5. The number of fused-ring (bicyclic) bond motifs is 1. The number of hydrogen-bond donors (Lipinski definition) is 0. The number of aldehydes is 1. The summed E-state index contributed by atoms with van der Waals surface area (Å²) in [5, 5.41) is 0. The Balaban J connectivity index is 0.000000241. The molecular weight excluding hydrogens is 455 g/mol. The molecule has 0 spiro atoms. The van der Waals surface area contributed by atoms with Crippen LogP contribution in [-0.4, -0.2) is 60.4 Å². The molecule has 0 amide bonds. The van der Waals surface area contributed by atoms with Gasteiger partial charge in [-0.2, -0.15) is 13.2 Å². The van der Waals surface area contributed by atoms with Gasteiger partial charge < -0.3 is 9.64 Å². The van der Waals surface area contributed by atoms with Gasteiger partial charge in [0.05, 0.1) is 6.61 Å². The maximum absolute atomic E-state index is 11.9. The standard InChI is InChI=1S/C20H32N2O.C7H4F3NO/c1-5-13-23-20-10-9-18(15(2)16(20)3)19-8-6-7-17-14-21(4)11-12-22(17)19;8-7(9,10)6-2-1-5(4-12)3-11-6/h9-10,17,19H,5-8,11-14H2,1-4H3;1-4H/t17?,19-;/m1./s1. The topological polar surface area (TPSA) is 45.7 Å². The highest BCUT2D eigenvalue weighted by atomic mass is 19.4. The molecule has 2 saturated heterocycles. The van der Waals surface area contributed by atoms with Gasteiger partial charge in [-0.3, -0.25) is 14.7 Å². The summed E-state index contributed by atoms with van der Waals surface area (Å²) >= 11 is 0. The maximum atomic E-state index is 11.9. The van der Waals surface area contributed by atoms with Crippen molar-refractivity contribution in [1.29, 1.82) is 0 Å². The molecule has 4 rings (SSSR count). The van der Waals surface area contributed by atoms with Crippen LogP contribution in [-0.2, 0) is 6.18 Å². The van der Waals surface area contributed by atoms with Crippen molar-refractivity contribution in [1.82, 2.24) is 14.8 Å². The highest BCUT2D eigenvalue weighted by Crippen LogP contribution is 2.39. The molecule has 2 fully saturated rings. The molecule has 192 valence electrons. The summed E-state index contributed by atoms with van der Waals surface area (Å²) in [6, 6.07) is 7.71.